The van der Waals surface area contributed by atoms with E-state index in [9.17, 15) is 8.42 Å². The summed E-state index contributed by atoms with van der Waals surface area (Å²) in [6.45, 7) is 4.94. The van der Waals surface area contributed by atoms with E-state index >= 15 is 0 Å². The minimum atomic E-state index is -3.55. The molecule has 7 nitrogen and oxygen atoms in total. The highest BCUT2D eigenvalue weighted by Gasteiger charge is 2.44. The zero-order valence-electron chi connectivity index (χ0n) is 15.9. The predicted octanol–water partition coefficient (Wildman–Crippen LogP) is 1.76. The molecule has 2 fully saturated rings. The molecule has 2 aliphatic heterocycles. The van der Waals surface area contributed by atoms with E-state index in [4.69, 9.17) is 4.74 Å². The Morgan fingerprint density at radius 3 is 2.81 bits per heavy atom. The van der Waals surface area contributed by atoms with Crippen molar-refractivity contribution in [3.63, 3.8) is 0 Å². The topological polar surface area (TPSA) is 76.5 Å². The molecule has 2 unspecified atom stereocenters. The first kappa shape index (κ1) is 19.8. The van der Waals surface area contributed by atoms with Gasteiger partial charge in [0.25, 0.3) is 10.0 Å². The van der Waals surface area contributed by atoms with Crippen LogP contribution < -0.4 is 5.32 Å². The molecule has 2 aliphatic rings. The van der Waals surface area contributed by atoms with Gasteiger partial charge in [-0.1, -0.05) is 26.2 Å². The standard InChI is InChI=1S/C18H32N4O3S/c1-3-4-5-6-9-19-16-12-22(11-15(16)17-8-7-10-25-17)26(23,24)18-13-21(2)14-20-18/h13-17,19H,3-12H2,1-2H3/t15?,16?,17-/m1/s1. The largest absolute Gasteiger partial charge is 0.378 e. The van der Waals surface area contributed by atoms with Crippen LogP contribution in [-0.2, 0) is 21.8 Å². The monoisotopic (exact) mass is 384 g/mol. The molecule has 1 aromatic heterocycles. The molecule has 1 N–H and O–H groups in total. The molecule has 3 heterocycles. The third-order valence-corrected chi connectivity index (χ3v) is 7.21. The maximum Gasteiger partial charge on any atom is 0.262 e. The van der Waals surface area contributed by atoms with Crippen molar-refractivity contribution in [1.29, 1.82) is 0 Å². The van der Waals surface area contributed by atoms with Gasteiger partial charge in [0.2, 0.25) is 0 Å². The summed E-state index contributed by atoms with van der Waals surface area (Å²) in [5.41, 5.74) is 0. The Kier molecular flexibility index (Phi) is 6.71. The van der Waals surface area contributed by atoms with E-state index in [0.717, 1.165) is 32.4 Å². The van der Waals surface area contributed by atoms with Gasteiger partial charge in [0.1, 0.15) is 0 Å². The molecule has 0 radical (unpaired) electrons. The molecule has 26 heavy (non-hydrogen) atoms. The van der Waals surface area contributed by atoms with Gasteiger partial charge in [0.15, 0.2) is 5.03 Å². The first-order valence-corrected chi connectivity index (χ1v) is 11.3. The molecule has 3 rings (SSSR count). The van der Waals surface area contributed by atoms with Crippen molar-refractivity contribution in [2.45, 2.75) is 62.6 Å². The van der Waals surface area contributed by atoms with Crippen LogP contribution in [0.2, 0.25) is 0 Å². The summed E-state index contributed by atoms with van der Waals surface area (Å²) >= 11 is 0. The molecule has 148 valence electrons. The second-order valence-corrected chi connectivity index (χ2v) is 9.42. The van der Waals surface area contributed by atoms with Crippen LogP contribution in [0, 0.1) is 5.92 Å². The van der Waals surface area contributed by atoms with Crippen LogP contribution in [0.1, 0.15) is 45.4 Å². The number of hydrogen-bond donors (Lipinski definition) is 1. The Morgan fingerprint density at radius 2 is 2.15 bits per heavy atom. The van der Waals surface area contributed by atoms with Crippen molar-refractivity contribution < 1.29 is 13.2 Å². The number of aromatic nitrogens is 2. The van der Waals surface area contributed by atoms with Gasteiger partial charge in [-0.15, -0.1) is 0 Å². The quantitative estimate of drug-likeness (QED) is 0.657. The van der Waals surface area contributed by atoms with E-state index in [2.05, 4.69) is 17.2 Å². The molecule has 1 aromatic rings. The van der Waals surface area contributed by atoms with Gasteiger partial charge in [-0.2, -0.15) is 4.31 Å². The smallest absolute Gasteiger partial charge is 0.262 e. The SMILES string of the molecule is CCCCCCNC1CN(S(=O)(=O)c2cn(C)cn2)CC1[C@H]1CCCO1. The van der Waals surface area contributed by atoms with E-state index in [0.29, 0.717) is 13.1 Å². The molecule has 2 saturated heterocycles. The number of rotatable bonds is 9. The van der Waals surface area contributed by atoms with E-state index in [1.54, 1.807) is 22.1 Å². The molecule has 0 saturated carbocycles. The third-order valence-electron chi connectivity index (χ3n) is 5.50. The van der Waals surface area contributed by atoms with E-state index in [1.807, 2.05) is 0 Å². The average Bonchev–Trinajstić information content (AvgIpc) is 3.34. The Morgan fingerprint density at radius 1 is 1.31 bits per heavy atom. The number of unbranched alkanes of at least 4 members (excludes halogenated alkanes) is 3. The fourth-order valence-electron chi connectivity index (χ4n) is 4.01. The normalized spacial score (nSPS) is 27.4. The maximum atomic E-state index is 13.0. The van der Waals surface area contributed by atoms with E-state index in [-0.39, 0.29) is 23.1 Å². The Labute approximate surface area is 157 Å². The number of ether oxygens (including phenoxy) is 1. The molecular formula is C18H32N4O3S. The van der Waals surface area contributed by atoms with Gasteiger partial charge in [-0.05, 0) is 25.8 Å². The lowest BCUT2D eigenvalue weighted by atomic mass is 9.95. The molecular weight excluding hydrogens is 352 g/mol. The number of imidazole rings is 1. The first-order valence-electron chi connectivity index (χ1n) is 9.85. The molecule has 0 aromatic carbocycles. The molecule has 0 aliphatic carbocycles. The molecule has 3 atom stereocenters. The van der Waals surface area contributed by atoms with Crippen molar-refractivity contribution in [2.24, 2.45) is 13.0 Å². The van der Waals surface area contributed by atoms with Gasteiger partial charge in [-0.25, -0.2) is 13.4 Å². The minimum absolute atomic E-state index is 0.134. The second-order valence-electron chi connectivity index (χ2n) is 7.54. The number of nitrogens with one attached hydrogen (secondary N) is 1. The highest BCUT2D eigenvalue weighted by atomic mass is 32.2. The number of aryl methyl sites for hydroxylation is 1. The van der Waals surface area contributed by atoms with Crippen molar-refractivity contribution >= 4 is 10.0 Å². The lowest BCUT2D eigenvalue weighted by Crippen LogP contribution is -2.41. The van der Waals surface area contributed by atoms with Crippen molar-refractivity contribution in [1.82, 2.24) is 19.2 Å². The summed E-state index contributed by atoms with van der Waals surface area (Å²) in [7, 11) is -1.76. The maximum absolute atomic E-state index is 13.0. The molecule has 0 spiro atoms. The zero-order valence-corrected chi connectivity index (χ0v) is 16.7. The lowest BCUT2D eigenvalue weighted by Gasteiger charge is -2.24. The fourth-order valence-corrected chi connectivity index (χ4v) is 5.48. The highest BCUT2D eigenvalue weighted by molar-refractivity contribution is 7.89. The summed E-state index contributed by atoms with van der Waals surface area (Å²) in [6, 6.07) is 0.151. The van der Waals surface area contributed by atoms with Gasteiger partial charge >= 0.3 is 0 Å². The fraction of sp³-hybridized carbons (Fsp3) is 0.833. The summed E-state index contributed by atoms with van der Waals surface area (Å²) in [6.07, 6.45) is 10.2. The van der Waals surface area contributed by atoms with Crippen LogP contribution >= 0.6 is 0 Å². The Balaban J connectivity index is 1.67. The van der Waals surface area contributed by atoms with Crippen molar-refractivity contribution in [2.75, 3.05) is 26.2 Å². The highest BCUT2D eigenvalue weighted by Crippen LogP contribution is 2.31. The van der Waals surface area contributed by atoms with Crippen LogP contribution in [-0.4, -0.2) is 60.7 Å². The van der Waals surface area contributed by atoms with Gasteiger partial charge in [0.05, 0.1) is 12.4 Å². The summed E-state index contributed by atoms with van der Waals surface area (Å²) in [5, 5.41) is 3.75. The van der Waals surface area contributed by atoms with Gasteiger partial charge in [0, 0.05) is 44.9 Å². The molecule has 0 amide bonds. The Bertz CT molecular complexity index is 670. The van der Waals surface area contributed by atoms with Crippen LogP contribution in [0.4, 0.5) is 0 Å². The van der Waals surface area contributed by atoms with E-state index < -0.39 is 10.0 Å². The summed E-state index contributed by atoms with van der Waals surface area (Å²) < 4.78 is 35.1. The molecule has 0 bridgehead atoms. The summed E-state index contributed by atoms with van der Waals surface area (Å²) in [5.74, 6) is 0.210. The number of hydrogen-bond acceptors (Lipinski definition) is 5. The van der Waals surface area contributed by atoms with Crippen LogP contribution in [0.5, 0.6) is 0 Å². The van der Waals surface area contributed by atoms with Crippen molar-refractivity contribution in [3.05, 3.63) is 12.5 Å². The predicted molar refractivity (Wildman–Crippen MR) is 100 cm³/mol. The zero-order chi connectivity index (χ0) is 18.6. The average molecular weight is 385 g/mol. The van der Waals surface area contributed by atoms with Crippen molar-refractivity contribution in [3.8, 4) is 0 Å². The van der Waals surface area contributed by atoms with Crippen LogP contribution in [0.3, 0.4) is 0 Å². The Hall–Kier alpha value is -0.960. The van der Waals surface area contributed by atoms with Gasteiger partial charge in [-0.3, -0.25) is 0 Å². The molecule has 8 heteroatoms. The van der Waals surface area contributed by atoms with Crippen LogP contribution in [0.15, 0.2) is 17.6 Å². The van der Waals surface area contributed by atoms with E-state index in [1.165, 1.54) is 25.6 Å². The van der Waals surface area contributed by atoms with Gasteiger partial charge < -0.3 is 14.6 Å². The lowest BCUT2D eigenvalue weighted by molar-refractivity contribution is 0.0590. The van der Waals surface area contributed by atoms with Crippen LogP contribution in [0.25, 0.3) is 0 Å². The minimum Gasteiger partial charge on any atom is -0.378 e. The first-order chi connectivity index (χ1) is 12.5. The summed E-state index contributed by atoms with van der Waals surface area (Å²) in [4.78, 5) is 4.06. The second kappa shape index (κ2) is 8.82. The number of sulfonamides is 1. The number of nitrogens with zero attached hydrogens (tertiary/aromatic N) is 3. The third kappa shape index (κ3) is 4.47.